The largest absolute Gasteiger partial charge is 0.611 e. The molecule has 0 aliphatic heterocycles. The average Bonchev–Trinajstić information content (AvgIpc) is 3.10. The second kappa shape index (κ2) is 11.7. The van der Waals surface area contributed by atoms with Gasteiger partial charge >= 0.3 is 30.9 Å². The Hall–Kier alpha value is -2.98. The highest BCUT2D eigenvalue weighted by atomic mass is 32.2. The summed E-state index contributed by atoms with van der Waals surface area (Å²) < 4.78 is 190. The molecule has 22 heteroatoms. The SMILES string of the molecule is CC(=O)Nc1cc(OCC(F)(F)OC(F)(F)C(F)(F)OC(F)(F)F)nn1-c1cc([S+]([O-])CC(F)(F)F)c(C)cc1F. The molecule has 1 aromatic heterocycles. The van der Waals surface area contributed by atoms with Crippen LogP contribution >= 0.6 is 0 Å². The number of nitrogens with zero attached hydrogens (tertiary/aromatic N) is 2. The minimum Gasteiger partial charge on any atom is -0.611 e. The lowest BCUT2D eigenvalue weighted by Crippen LogP contribution is -2.52. The van der Waals surface area contributed by atoms with Crippen LogP contribution in [0.4, 0.5) is 62.9 Å². The molecule has 0 aliphatic carbocycles. The fourth-order valence-corrected chi connectivity index (χ4v) is 3.91. The molecule has 1 atom stereocenters. The van der Waals surface area contributed by atoms with Crippen LogP contribution in [0, 0.1) is 12.7 Å². The highest BCUT2D eigenvalue weighted by molar-refractivity contribution is 7.91. The topological polar surface area (TPSA) is 97.7 Å². The second-order valence-electron chi connectivity index (χ2n) is 7.74. The van der Waals surface area contributed by atoms with Gasteiger partial charge in [0.2, 0.25) is 17.5 Å². The number of nitrogens with one attached hydrogen (secondary N) is 1. The fourth-order valence-electron chi connectivity index (χ4n) is 2.80. The first-order chi connectivity index (χ1) is 18.3. The van der Waals surface area contributed by atoms with Crippen LogP contribution in [0.2, 0.25) is 0 Å². The maximum Gasteiger partial charge on any atom is 0.527 e. The first kappa shape index (κ1) is 34.2. The molecule has 1 unspecified atom stereocenters. The molecular weight excluding hydrogens is 629 g/mol. The van der Waals surface area contributed by atoms with Crippen molar-refractivity contribution in [2.75, 3.05) is 17.7 Å². The van der Waals surface area contributed by atoms with Crippen LogP contribution in [-0.2, 0) is 25.4 Å². The Labute approximate surface area is 222 Å². The molecule has 2 aromatic rings. The molecular formula is C19H14F13N3O5S. The van der Waals surface area contributed by atoms with Gasteiger partial charge < -0.3 is 14.6 Å². The van der Waals surface area contributed by atoms with Crippen LogP contribution < -0.4 is 10.1 Å². The molecule has 0 fully saturated rings. The van der Waals surface area contributed by atoms with Crippen molar-refractivity contribution in [2.45, 2.75) is 49.6 Å². The lowest BCUT2D eigenvalue weighted by atomic mass is 10.2. The van der Waals surface area contributed by atoms with E-state index in [0.29, 0.717) is 22.9 Å². The molecule has 2 rings (SSSR count). The van der Waals surface area contributed by atoms with Crippen LogP contribution in [0.1, 0.15) is 12.5 Å². The highest BCUT2D eigenvalue weighted by Crippen LogP contribution is 2.43. The number of hydrogen-bond acceptors (Lipinski definition) is 6. The van der Waals surface area contributed by atoms with Gasteiger partial charge in [-0.3, -0.25) is 4.79 Å². The van der Waals surface area contributed by atoms with E-state index in [-0.39, 0.29) is 5.56 Å². The summed E-state index contributed by atoms with van der Waals surface area (Å²) in [7, 11) is 0. The maximum atomic E-state index is 14.7. The Morgan fingerprint density at radius 3 is 2.05 bits per heavy atom. The molecule has 8 nitrogen and oxygen atoms in total. The van der Waals surface area contributed by atoms with Crippen molar-refractivity contribution in [1.82, 2.24) is 9.78 Å². The number of aryl methyl sites for hydroxylation is 1. The van der Waals surface area contributed by atoms with Gasteiger partial charge in [-0.1, -0.05) is 0 Å². The van der Waals surface area contributed by atoms with Gasteiger partial charge in [-0.15, -0.1) is 18.3 Å². The Morgan fingerprint density at radius 1 is 0.976 bits per heavy atom. The minimum absolute atomic E-state index is 0.220. The number of benzene rings is 1. The molecule has 1 heterocycles. The van der Waals surface area contributed by atoms with E-state index in [1.54, 1.807) is 0 Å². The summed E-state index contributed by atoms with van der Waals surface area (Å²) in [6.45, 7) is -0.455. The molecule has 1 amide bonds. The number of halogens is 13. The van der Waals surface area contributed by atoms with E-state index in [1.807, 2.05) is 10.1 Å². The summed E-state index contributed by atoms with van der Waals surface area (Å²) in [6.07, 6.45) is -30.0. The highest BCUT2D eigenvalue weighted by Gasteiger charge is 2.68. The van der Waals surface area contributed by atoms with E-state index in [9.17, 15) is 66.4 Å². The number of rotatable bonds is 11. The van der Waals surface area contributed by atoms with E-state index < -0.39 is 88.4 Å². The summed E-state index contributed by atoms with van der Waals surface area (Å²) in [5, 5.41) is 5.41. The van der Waals surface area contributed by atoms with Gasteiger partial charge in [-0.2, -0.15) is 39.5 Å². The first-order valence-corrected chi connectivity index (χ1v) is 11.5. The number of alkyl halides is 12. The van der Waals surface area contributed by atoms with Gasteiger partial charge in [0.15, 0.2) is 11.5 Å². The van der Waals surface area contributed by atoms with Gasteiger partial charge in [0.1, 0.15) is 17.3 Å². The Balaban J connectivity index is 2.38. The number of ether oxygens (including phenoxy) is 3. The standard InChI is InChI=1S/C19H14F13N3O5S/c1-8-3-10(20)11(4-12(8)41(37)7-15(21,22)23)35-13(33-9(2)36)5-14(34-35)38-6-16(24,25)39-17(26,27)18(28,29)40-19(30,31)32/h3-5H,6-7H2,1-2H3,(H,33,36). The monoisotopic (exact) mass is 643 g/mol. The van der Waals surface area contributed by atoms with E-state index >= 15 is 0 Å². The van der Waals surface area contributed by atoms with Gasteiger partial charge in [0.05, 0.1) is 0 Å². The van der Waals surface area contributed by atoms with Crippen LogP contribution in [0.25, 0.3) is 5.69 Å². The molecule has 232 valence electrons. The van der Waals surface area contributed by atoms with Crippen LogP contribution in [0.3, 0.4) is 0 Å². The van der Waals surface area contributed by atoms with Crippen molar-refractivity contribution in [3.63, 3.8) is 0 Å². The van der Waals surface area contributed by atoms with Crippen molar-refractivity contribution in [1.29, 1.82) is 0 Å². The molecule has 1 N–H and O–H groups in total. The lowest BCUT2D eigenvalue weighted by Gasteiger charge is -2.29. The smallest absolute Gasteiger partial charge is 0.527 e. The Morgan fingerprint density at radius 2 is 1.54 bits per heavy atom. The molecule has 0 bridgehead atoms. The van der Waals surface area contributed by atoms with Crippen LogP contribution in [0.5, 0.6) is 5.88 Å². The van der Waals surface area contributed by atoms with Crippen molar-refractivity contribution < 1.29 is 80.6 Å². The van der Waals surface area contributed by atoms with Crippen molar-refractivity contribution in [2.24, 2.45) is 0 Å². The predicted octanol–water partition coefficient (Wildman–Crippen LogP) is 5.66. The summed E-state index contributed by atoms with van der Waals surface area (Å²) in [4.78, 5) is 10.9. The van der Waals surface area contributed by atoms with E-state index in [2.05, 4.69) is 14.6 Å². The number of carbonyl (C=O) groups is 1. The zero-order valence-electron chi connectivity index (χ0n) is 19.9. The Kier molecular flexibility index (Phi) is 9.78. The van der Waals surface area contributed by atoms with Crippen LogP contribution in [0.15, 0.2) is 23.1 Å². The summed E-state index contributed by atoms with van der Waals surface area (Å²) >= 11 is -2.79. The van der Waals surface area contributed by atoms with Gasteiger partial charge in [0.25, 0.3) is 0 Å². The molecule has 1 aromatic carbocycles. The van der Waals surface area contributed by atoms with Gasteiger partial charge in [0, 0.05) is 24.6 Å². The zero-order chi connectivity index (χ0) is 31.8. The molecule has 0 saturated carbocycles. The van der Waals surface area contributed by atoms with Crippen molar-refractivity contribution in [3.05, 3.63) is 29.6 Å². The third-order valence-electron chi connectivity index (χ3n) is 4.25. The maximum absolute atomic E-state index is 14.7. The normalized spacial score (nSPS) is 14.2. The molecule has 0 radical (unpaired) electrons. The summed E-state index contributed by atoms with van der Waals surface area (Å²) in [5.74, 6) is -5.78. The average molecular weight is 643 g/mol. The first-order valence-electron chi connectivity index (χ1n) is 10.2. The zero-order valence-corrected chi connectivity index (χ0v) is 20.7. The number of aromatic nitrogens is 2. The third-order valence-corrected chi connectivity index (χ3v) is 5.77. The van der Waals surface area contributed by atoms with E-state index in [0.717, 1.165) is 13.8 Å². The summed E-state index contributed by atoms with van der Waals surface area (Å²) in [6, 6.07) is 1.75. The lowest BCUT2D eigenvalue weighted by molar-refractivity contribution is -0.529. The Bertz CT molecular complexity index is 1250. The van der Waals surface area contributed by atoms with E-state index in [4.69, 9.17) is 0 Å². The minimum atomic E-state index is -6.62. The second-order valence-corrected chi connectivity index (χ2v) is 9.16. The number of amides is 1. The predicted molar refractivity (Wildman–Crippen MR) is 108 cm³/mol. The molecule has 41 heavy (non-hydrogen) atoms. The number of anilines is 1. The number of carbonyl (C=O) groups excluding carboxylic acids is 1. The molecule has 0 spiro atoms. The van der Waals surface area contributed by atoms with Crippen LogP contribution in [-0.4, -0.2) is 63.5 Å². The number of hydrogen-bond donors (Lipinski definition) is 1. The fraction of sp³-hybridized carbons (Fsp3) is 0.474. The van der Waals surface area contributed by atoms with E-state index in [1.165, 1.54) is 0 Å². The molecule has 0 saturated heterocycles. The molecule has 0 aliphatic rings. The quantitative estimate of drug-likeness (QED) is 0.251. The van der Waals surface area contributed by atoms with Crippen molar-refractivity contribution >= 4 is 22.9 Å². The van der Waals surface area contributed by atoms with Gasteiger partial charge in [-0.25, -0.2) is 18.5 Å². The third kappa shape index (κ3) is 9.53. The van der Waals surface area contributed by atoms with Crippen molar-refractivity contribution in [3.8, 4) is 11.6 Å². The van der Waals surface area contributed by atoms with Gasteiger partial charge in [-0.05, 0) is 24.2 Å². The summed E-state index contributed by atoms with van der Waals surface area (Å²) in [5.41, 5.74) is -1.04.